The molecule has 122 valence electrons. The minimum absolute atomic E-state index is 0.536. The van der Waals surface area contributed by atoms with Crippen molar-refractivity contribution in [3.05, 3.63) is 23.9 Å². The van der Waals surface area contributed by atoms with Gasteiger partial charge >= 0.3 is 0 Å². The minimum Gasteiger partial charge on any atom is -0.367 e. The first-order valence-electron chi connectivity index (χ1n) is 9.23. The van der Waals surface area contributed by atoms with Gasteiger partial charge in [0.15, 0.2) is 0 Å². The van der Waals surface area contributed by atoms with Crippen LogP contribution >= 0.6 is 0 Å². The Kier molecular flexibility index (Phi) is 5.35. The quantitative estimate of drug-likeness (QED) is 0.869. The molecule has 0 amide bonds. The molecule has 3 nitrogen and oxygen atoms in total. The van der Waals surface area contributed by atoms with Crippen LogP contribution in [-0.4, -0.2) is 28.5 Å². The normalized spacial score (nSPS) is 24.6. The molecular weight excluding hydrogens is 270 g/mol. The van der Waals surface area contributed by atoms with Crippen molar-refractivity contribution in [1.29, 1.82) is 0 Å². The number of hydrogen-bond acceptors (Lipinski definition) is 3. The molecule has 0 bridgehead atoms. The van der Waals surface area contributed by atoms with Crippen LogP contribution in [0.4, 0.5) is 5.82 Å². The Hall–Kier alpha value is -1.09. The first kappa shape index (κ1) is 15.8. The predicted octanol–water partition coefficient (Wildman–Crippen LogP) is 4.76. The Labute approximate surface area is 135 Å². The van der Waals surface area contributed by atoms with Crippen LogP contribution < -0.4 is 5.32 Å². The molecule has 2 aliphatic rings. The second-order valence-corrected chi connectivity index (χ2v) is 7.26. The number of likely N-dealkylation sites (tertiary alicyclic amines) is 1. The molecule has 0 spiro atoms. The number of nitrogens with one attached hydrogen (secondary N) is 1. The van der Waals surface area contributed by atoms with E-state index in [1.54, 1.807) is 0 Å². The highest BCUT2D eigenvalue weighted by Gasteiger charge is 2.28. The summed E-state index contributed by atoms with van der Waals surface area (Å²) in [6.45, 7) is 5.87. The number of aromatic nitrogens is 1. The Morgan fingerprint density at radius 1 is 1.09 bits per heavy atom. The molecule has 3 heteroatoms. The Morgan fingerprint density at radius 2 is 1.86 bits per heavy atom. The van der Waals surface area contributed by atoms with E-state index in [0.717, 1.165) is 5.82 Å². The highest BCUT2D eigenvalue weighted by atomic mass is 15.2. The van der Waals surface area contributed by atoms with Crippen molar-refractivity contribution < 1.29 is 0 Å². The van der Waals surface area contributed by atoms with Crippen molar-refractivity contribution in [2.45, 2.75) is 83.3 Å². The number of hydrogen-bond donors (Lipinski definition) is 1. The van der Waals surface area contributed by atoms with Gasteiger partial charge in [0.2, 0.25) is 0 Å². The average molecular weight is 301 g/mol. The molecule has 1 aromatic rings. The van der Waals surface area contributed by atoms with Crippen LogP contribution in [0.15, 0.2) is 18.3 Å². The van der Waals surface area contributed by atoms with Crippen LogP contribution in [0, 0.1) is 0 Å². The van der Waals surface area contributed by atoms with Crippen molar-refractivity contribution in [3.63, 3.8) is 0 Å². The lowest BCUT2D eigenvalue weighted by atomic mass is 9.92. The summed E-state index contributed by atoms with van der Waals surface area (Å²) >= 11 is 0. The second-order valence-electron chi connectivity index (χ2n) is 7.26. The molecule has 0 aromatic carbocycles. The smallest absolute Gasteiger partial charge is 0.130 e. The summed E-state index contributed by atoms with van der Waals surface area (Å²) in [6, 6.07) is 6.16. The fraction of sp³-hybridized carbons (Fsp3) is 0.737. The topological polar surface area (TPSA) is 28.2 Å². The van der Waals surface area contributed by atoms with Crippen molar-refractivity contribution in [3.8, 4) is 0 Å². The van der Waals surface area contributed by atoms with Crippen LogP contribution in [0.5, 0.6) is 0 Å². The van der Waals surface area contributed by atoms with Gasteiger partial charge in [0.05, 0.1) is 0 Å². The van der Waals surface area contributed by atoms with Gasteiger partial charge in [-0.1, -0.05) is 31.7 Å². The molecule has 22 heavy (non-hydrogen) atoms. The fourth-order valence-electron chi connectivity index (χ4n) is 4.15. The van der Waals surface area contributed by atoms with E-state index in [0.29, 0.717) is 18.1 Å². The molecule has 2 fully saturated rings. The lowest BCUT2D eigenvalue weighted by Crippen LogP contribution is -2.39. The summed E-state index contributed by atoms with van der Waals surface area (Å²) in [5, 5.41) is 3.77. The molecule has 1 aliphatic carbocycles. The Bertz CT molecular complexity index is 466. The van der Waals surface area contributed by atoms with Crippen LogP contribution in [0.25, 0.3) is 0 Å². The lowest BCUT2D eigenvalue weighted by Gasteiger charge is -2.39. The Balaban J connectivity index is 1.79. The van der Waals surface area contributed by atoms with Gasteiger partial charge in [-0.3, -0.25) is 4.90 Å². The second kappa shape index (κ2) is 7.45. The third-order valence-corrected chi connectivity index (χ3v) is 5.35. The molecule has 0 radical (unpaired) electrons. The summed E-state index contributed by atoms with van der Waals surface area (Å²) in [7, 11) is 0. The van der Waals surface area contributed by atoms with E-state index in [-0.39, 0.29) is 0 Å². The first-order valence-corrected chi connectivity index (χ1v) is 9.23. The fourth-order valence-corrected chi connectivity index (χ4v) is 4.15. The van der Waals surface area contributed by atoms with Crippen molar-refractivity contribution in [2.75, 3.05) is 11.9 Å². The van der Waals surface area contributed by atoms with E-state index in [9.17, 15) is 0 Å². The van der Waals surface area contributed by atoms with Gasteiger partial charge in [-0.05, 0) is 52.1 Å². The number of pyridine rings is 1. The van der Waals surface area contributed by atoms with E-state index < -0.39 is 0 Å². The maximum absolute atomic E-state index is 4.70. The van der Waals surface area contributed by atoms with Gasteiger partial charge in [-0.2, -0.15) is 0 Å². The zero-order chi connectivity index (χ0) is 15.4. The van der Waals surface area contributed by atoms with E-state index in [1.807, 2.05) is 6.20 Å². The zero-order valence-corrected chi connectivity index (χ0v) is 14.2. The molecule has 1 saturated carbocycles. The summed E-state index contributed by atoms with van der Waals surface area (Å²) in [5.41, 5.74) is 1.42. The summed E-state index contributed by atoms with van der Waals surface area (Å²) in [4.78, 5) is 7.36. The molecule has 1 saturated heterocycles. The van der Waals surface area contributed by atoms with Crippen LogP contribution in [0.2, 0.25) is 0 Å². The predicted molar refractivity (Wildman–Crippen MR) is 93.2 cm³/mol. The molecule has 0 unspecified atom stereocenters. The molecule has 2 heterocycles. The summed E-state index contributed by atoms with van der Waals surface area (Å²) in [5.74, 6) is 1.15. The first-order chi connectivity index (χ1) is 10.8. The van der Waals surface area contributed by atoms with Gasteiger partial charge in [0.25, 0.3) is 0 Å². The van der Waals surface area contributed by atoms with E-state index in [2.05, 4.69) is 36.2 Å². The van der Waals surface area contributed by atoms with E-state index >= 15 is 0 Å². The maximum Gasteiger partial charge on any atom is 0.130 e. The summed E-state index contributed by atoms with van der Waals surface area (Å²) in [6.07, 6.45) is 12.6. The molecular formula is C19H31N3. The van der Waals surface area contributed by atoms with Crippen LogP contribution in [0.3, 0.4) is 0 Å². The highest BCUT2D eigenvalue weighted by Crippen LogP contribution is 2.36. The van der Waals surface area contributed by atoms with Gasteiger partial charge in [-0.15, -0.1) is 0 Å². The van der Waals surface area contributed by atoms with E-state index in [4.69, 9.17) is 4.98 Å². The van der Waals surface area contributed by atoms with Crippen molar-refractivity contribution in [2.24, 2.45) is 0 Å². The molecule has 1 aromatic heterocycles. The van der Waals surface area contributed by atoms with E-state index in [1.165, 1.54) is 63.5 Å². The van der Waals surface area contributed by atoms with Gasteiger partial charge in [0.1, 0.15) is 5.82 Å². The number of rotatable bonds is 4. The third kappa shape index (κ3) is 3.62. The number of nitrogens with zero attached hydrogens (tertiary/aromatic N) is 2. The van der Waals surface area contributed by atoms with Gasteiger partial charge in [0, 0.05) is 29.9 Å². The third-order valence-electron chi connectivity index (χ3n) is 5.35. The van der Waals surface area contributed by atoms with Gasteiger partial charge in [-0.25, -0.2) is 4.98 Å². The maximum atomic E-state index is 4.70. The minimum atomic E-state index is 0.536. The Morgan fingerprint density at radius 3 is 2.64 bits per heavy atom. The molecule has 1 atom stereocenters. The molecule has 1 N–H and O–H groups in total. The largest absolute Gasteiger partial charge is 0.367 e. The zero-order valence-electron chi connectivity index (χ0n) is 14.2. The number of anilines is 1. The van der Waals surface area contributed by atoms with Crippen molar-refractivity contribution in [1.82, 2.24) is 9.88 Å². The monoisotopic (exact) mass is 301 g/mol. The van der Waals surface area contributed by atoms with Crippen molar-refractivity contribution >= 4 is 5.82 Å². The lowest BCUT2D eigenvalue weighted by molar-refractivity contribution is 0.112. The van der Waals surface area contributed by atoms with Crippen LogP contribution in [-0.2, 0) is 0 Å². The highest BCUT2D eigenvalue weighted by molar-refractivity contribution is 5.46. The van der Waals surface area contributed by atoms with Crippen LogP contribution in [0.1, 0.15) is 76.8 Å². The SMILES string of the molecule is CC(C)N1CCCC[C@@H]1c1cccnc1NC1CCCCC1. The molecule has 1 aliphatic heterocycles. The standard InChI is InChI=1S/C19H31N3/c1-15(2)22-14-7-6-12-18(22)17-11-8-13-20-19(17)21-16-9-4-3-5-10-16/h8,11,13,15-16,18H,3-7,9-10,12,14H2,1-2H3,(H,20,21)/t18-/m1/s1. The summed E-state index contributed by atoms with van der Waals surface area (Å²) < 4.78 is 0. The molecule has 3 rings (SSSR count). The average Bonchev–Trinajstić information content (AvgIpc) is 2.56. The van der Waals surface area contributed by atoms with Gasteiger partial charge < -0.3 is 5.32 Å². The number of piperidine rings is 1.